The van der Waals surface area contributed by atoms with Gasteiger partial charge in [0.05, 0.1) is 29.5 Å². The molecule has 0 aliphatic carbocycles. The van der Waals surface area contributed by atoms with E-state index in [1.807, 2.05) is 17.5 Å². The van der Waals surface area contributed by atoms with Gasteiger partial charge in [0.2, 0.25) is 0 Å². The Morgan fingerprint density at radius 2 is 2.09 bits per heavy atom. The summed E-state index contributed by atoms with van der Waals surface area (Å²) in [5.74, 6) is -0.516. The molecule has 0 saturated carbocycles. The lowest BCUT2D eigenvalue weighted by molar-refractivity contribution is -0.139. The van der Waals surface area contributed by atoms with E-state index in [9.17, 15) is 18.4 Å². The minimum atomic E-state index is -2.99. The number of hydrogen-bond donors (Lipinski definition) is 0. The second-order valence-electron chi connectivity index (χ2n) is 7.11. The molecule has 1 aliphatic rings. The zero-order valence-corrected chi connectivity index (χ0v) is 20.0. The number of carbonyl (C=O) groups excluding carboxylic acids is 1. The normalized spacial score (nSPS) is 15.8. The van der Waals surface area contributed by atoms with Gasteiger partial charge in [-0.25, -0.2) is 9.79 Å². The Bertz CT molecular complexity index is 1420. The van der Waals surface area contributed by atoms with Gasteiger partial charge >= 0.3 is 12.6 Å². The number of methoxy groups -OCH3 is 1. The molecule has 178 valence electrons. The number of aromatic nitrogens is 1. The highest BCUT2D eigenvalue weighted by Crippen LogP contribution is 2.33. The number of ether oxygens (including phenoxy) is 3. The van der Waals surface area contributed by atoms with Crippen LogP contribution in [0.2, 0.25) is 0 Å². The molecule has 0 saturated heterocycles. The van der Waals surface area contributed by atoms with Crippen molar-refractivity contribution in [2.24, 2.45) is 4.99 Å². The summed E-state index contributed by atoms with van der Waals surface area (Å²) in [6, 6.07) is 7.45. The van der Waals surface area contributed by atoms with Crippen molar-refractivity contribution in [1.82, 2.24) is 4.57 Å². The lowest BCUT2D eigenvalue weighted by atomic mass is 10.0. The fraction of sp³-hybridized carbons (Fsp3) is 0.261. The van der Waals surface area contributed by atoms with E-state index in [-0.39, 0.29) is 23.7 Å². The third-order valence-corrected chi connectivity index (χ3v) is 6.94. The number of carbonyl (C=O) groups is 1. The summed E-state index contributed by atoms with van der Waals surface area (Å²) in [5, 5.41) is 1.87. The number of esters is 1. The van der Waals surface area contributed by atoms with Crippen molar-refractivity contribution >= 4 is 34.7 Å². The highest BCUT2D eigenvalue weighted by molar-refractivity contribution is 7.10. The fourth-order valence-electron chi connectivity index (χ4n) is 3.63. The number of nitrogens with zero attached hydrogens (tertiary/aromatic N) is 2. The molecule has 1 aliphatic heterocycles. The molecule has 1 unspecified atom stereocenters. The largest absolute Gasteiger partial charge is 0.493 e. The Morgan fingerprint density at radius 1 is 1.29 bits per heavy atom. The van der Waals surface area contributed by atoms with E-state index in [1.54, 1.807) is 26.0 Å². The van der Waals surface area contributed by atoms with Crippen LogP contribution in [0.3, 0.4) is 0 Å². The second kappa shape index (κ2) is 9.90. The van der Waals surface area contributed by atoms with E-state index >= 15 is 0 Å². The maximum Gasteiger partial charge on any atom is 0.387 e. The summed E-state index contributed by atoms with van der Waals surface area (Å²) >= 11 is 2.60. The van der Waals surface area contributed by atoms with Gasteiger partial charge in [-0.2, -0.15) is 8.78 Å². The number of thiazole rings is 1. The van der Waals surface area contributed by atoms with E-state index in [0.29, 0.717) is 26.2 Å². The molecule has 3 aromatic rings. The fourth-order valence-corrected chi connectivity index (χ4v) is 5.50. The minimum Gasteiger partial charge on any atom is -0.493 e. The van der Waals surface area contributed by atoms with Gasteiger partial charge in [-0.15, -0.1) is 11.3 Å². The zero-order valence-electron chi connectivity index (χ0n) is 18.4. The molecule has 4 rings (SSSR count). The maximum absolute atomic E-state index is 13.5. The van der Waals surface area contributed by atoms with Crippen LogP contribution in [0.5, 0.6) is 11.5 Å². The van der Waals surface area contributed by atoms with Gasteiger partial charge < -0.3 is 14.2 Å². The predicted octanol–water partition coefficient (Wildman–Crippen LogP) is 3.47. The quantitative estimate of drug-likeness (QED) is 0.459. The summed E-state index contributed by atoms with van der Waals surface area (Å²) in [4.78, 5) is 32.0. The van der Waals surface area contributed by atoms with Gasteiger partial charge in [0.15, 0.2) is 16.3 Å². The average molecular weight is 507 g/mol. The number of rotatable bonds is 7. The summed E-state index contributed by atoms with van der Waals surface area (Å²) in [6.45, 7) is 0.646. The van der Waals surface area contributed by atoms with Gasteiger partial charge in [0, 0.05) is 4.88 Å². The number of benzene rings is 1. The molecule has 11 heteroatoms. The van der Waals surface area contributed by atoms with E-state index in [4.69, 9.17) is 9.47 Å². The summed E-state index contributed by atoms with van der Waals surface area (Å²) in [6.07, 6.45) is 1.62. The average Bonchev–Trinajstić information content (AvgIpc) is 3.42. The van der Waals surface area contributed by atoms with E-state index in [2.05, 4.69) is 9.73 Å². The van der Waals surface area contributed by atoms with Crippen LogP contribution in [0.15, 0.2) is 56.8 Å². The number of fused-ring (bicyclic) bond motifs is 1. The molecular formula is C23H20F2N2O5S2. The van der Waals surface area contributed by atoms with Crippen molar-refractivity contribution < 1.29 is 27.8 Å². The highest BCUT2D eigenvalue weighted by atomic mass is 32.1. The predicted molar refractivity (Wildman–Crippen MR) is 124 cm³/mol. The SMILES string of the molecule is CCOC(=O)C1=C(C)N=c2sc(=Cc3ccc(OC(F)F)c(OC)c3)c(=O)n2C1c1cccs1. The smallest absolute Gasteiger partial charge is 0.387 e. The Hall–Kier alpha value is -3.31. The van der Waals surface area contributed by atoms with Crippen molar-refractivity contribution in [2.45, 2.75) is 26.5 Å². The van der Waals surface area contributed by atoms with Crippen molar-refractivity contribution in [1.29, 1.82) is 0 Å². The summed E-state index contributed by atoms with van der Waals surface area (Å²) in [5.41, 5.74) is 1.03. The number of alkyl halides is 2. The lowest BCUT2D eigenvalue weighted by Crippen LogP contribution is -2.39. The zero-order chi connectivity index (χ0) is 24.4. The Kier molecular flexibility index (Phi) is 6.94. The molecule has 1 atom stereocenters. The molecule has 7 nitrogen and oxygen atoms in total. The first-order valence-corrected chi connectivity index (χ1v) is 11.9. The van der Waals surface area contributed by atoms with Crippen molar-refractivity contribution in [3.8, 4) is 11.5 Å². The van der Waals surface area contributed by atoms with E-state index < -0.39 is 18.6 Å². The van der Waals surface area contributed by atoms with E-state index in [0.717, 1.165) is 4.88 Å². The van der Waals surface area contributed by atoms with E-state index in [1.165, 1.54) is 46.5 Å². The standard InChI is InChI=1S/C23H20F2N2O5S2/c1-4-31-21(29)18-12(2)26-23-27(19(18)16-6-5-9-33-16)20(28)17(34-23)11-13-7-8-14(32-22(24)25)15(10-13)30-3/h5-11,19,22H,4H2,1-3H3. The third kappa shape index (κ3) is 4.53. The van der Waals surface area contributed by atoms with Crippen LogP contribution in [0, 0.1) is 0 Å². The first kappa shape index (κ1) is 23.8. The lowest BCUT2D eigenvalue weighted by Gasteiger charge is -2.23. The molecule has 0 bridgehead atoms. The second-order valence-corrected chi connectivity index (χ2v) is 9.09. The number of thiophene rings is 1. The van der Waals surface area contributed by atoms with Crippen LogP contribution >= 0.6 is 22.7 Å². The molecule has 3 heterocycles. The van der Waals surface area contributed by atoms with Crippen LogP contribution in [0.4, 0.5) is 8.78 Å². The summed E-state index contributed by atoms with van der Waals surface area (Å²) in [7, 11) is 1.34. The molecule has 2 aromatic heterocycles. The highest BCUT2D eigenvalue weighted by Gasteiger charge is 2.33. The van der Waals surface area contributed by atoms with Crippen LogP contribution in [-0.2, 0) is 9.53 Å². The van der Waals surface area contributed by atoms with Crippen molar-refractivity contribution in [3.05, 3.63) is 77.1 Å². The van der Waals surface area contributed by atoms with Gasteiger partial charge in [-0.3, -0.25) is 9.36 Å². The molecule has 0 N–H and O–H groups in total. The van der Waals surface area contributed by atoms with Gasteiger partial charge in [0.1, 0.15) is 6.04 Å². The Labute approximate surface area is 200 Å². The van der Waals surface area contributed by atoms with Gasteiger partial charge in [-0.05, 0) is 49.1 Å². The number of halogens is 2. The van der Waals surface area contributed by atoms with Crippen molar-refractivity contribution in [2.75, 3.05) is 13.7 Å². The van der Waals surface area contributed by atoms with Crippen LogP contribution < -0.4 is 24.4 Å². The monoisotopic (exact) mass is 506 g/mol. The number of hydrogen-bond acceptors (Lipinski definition) is 8. The molecule has 0 radical (unpaired) electrons. The molecule has 34 heavy (non-hydrogen) atoms. The van der Waals surface area contributed by atoms with Crippen LogP contribution in [0.25, 0.3) is 6.08 Å². The first-order valence-electron chi connectivity index (χ1n) is 10.2. The van der Waals surface area contributed by atoms with Crippen LogP contribution in [-0.4, -0.2) is 30.9 Å². The Balaban J connectivity index is 1.85. The Morgan fingerprint density at radius 3 is 2.74 bits per heavy atom. The number of allylic oxidation sites excluding steroid dienone is 1. The topological polar surface area (TPSA) is 79.1 Å². The summed E-state index contributed by atoms with van der Waals surface area (Å²) < 4.78 is 41.9. The molecule has 0 spiro atoms. The maximum atomic E-state index is 13.5. The third-order valence-electron chi connectivity index (χ3n) is 5.03. The molecule has 0 fully saturated rings. The van der Waals surface area contributed by atoms with Gasteiger partial charge in [-0.1, -0.05) is 23.5 Å². The van der Waals surface area contributed by atoms with Gasteiger partial charge in [0.25, 0.3) is 5.56 Å². The molecule has 0 amide bonds. The molecule has 1 aromatic carbocycles. The minimum absolute atomic E-state index is 0.108. The van der Waals surface area contributed by atoms with Crippen molar-refractivity contribution in [3.63, 3.8) is 0 Å². The van der Waals surface area contributed by atoms with Crippen LogP contribution in [0.1, 0.15) is 30.3 Å². The molecular weight excluding hydrogens is 486 g/mol. The first-order chi connectivity index (χ1) is 16.3.